The lowest BCUT2D eigenvalue weighted by molar-refractivity contribution is -0.138. The van der Waals surface area contributed by atoms with Crippen LogP contribution in [0.4, 0.5) is 0 Å². The summed E-state index contributed by atoms with van der Waals surface area (Å²) in [6.45, 7) is 5.74. The van der Waals surface area contributed by atoms with Crippen LogP contribution in [-0.2, 0) is 9.53 Å². The summed E-state index contributed by atoms with van der Waals surface area (Å²) in [5, 5.41) is 8.82. The predicted molar refractivity (Wildman–Crippen MR) is 77.5 cm³/mol. The summed E-state index contributed by atoms with van der Waals surface area (Å²) >= 11 is 0. The molecule has 0 saturated carbocycles. The number of nitrogens with zero attached hydrogens (tertiary/aromatic N) is 1. The van der Waals surface area contributed by atoms with Gasteiger partial charge in [0.1, 0.15) is 11.6 Å². The van der Waals surface area contributed by atoms with Gasteiger partial charge < -0.3 is 4.74 Å². The van der Waals surface area contributed by atoms with E-state index in [0.29, 0.717) is 6.61 Å². The highest BCUT2D eigenvalue weighted by molar-refractivity contribution is 5.92. The average molecular weight is 263 g/mol. The normalized spacial score (nSPS) is 10.8. The van der Waals surface area contributed by atoms with Crippen molar-refractivity contribution < 1.29 is 9.53 Å². The lowest BCUT2D eigenvalue weighted by Crippen LogP contribution is -2.06. The van der Waals surface area contributed by atoms with Crippen LogP contribution in [-0.4, -0.2) is 12.6 Å². The van der Waals surface area contributed by atoms with E-state index in [0.717, 1.165) is 25.7 Å². The Kier molecular flexibility index (Phi) is 11.8. The molecule has 0 aromatic carbocycles. The van der Waals surface area contributed by atoms with Crippen LogP contribution in [0.5, 0.6) is 0 Å². The number of carbonyl (C=O) groups is 1. The summed E-state index contributed by atoms with van der Waals surface area (Å²) in [6.07, 6.45) is 12.6. The van der Waals surface area contributed by atoms with Crippen LogP contribution in [0.1, 0.15) is 58.3 Å². The topological polar surface area (TPSA) is 50.1 Å². The third-order valence-corrected chi connectivity index (χ3v) is 2.83. The standard InChI is InChI=1S/C16H25NO2/c1-3-5-6-7-8-9-10-11-12-13-15(14-17)16(18)19-4-2/h3,13H,1,4-12H2,2H3/b15-13+. The maximum absolute atomic E-state index is 11.3. The number of esters is 1. The molecule has 0 aromatic heterocycles. The molecule has 0 rings (SSSR count). The number of carbonyl (C=O) groups excluding carboxylic acids is 1. The molecular weight excluding hydrogens is 238 g/mol. The van der Waals surface area contributed by atoms with Gasteiger partial charge in [0, 0.05) is 0 Å². The van der Waals surface area contributed by atoms with Crippen molar-refractivity contribution in [2.75, 3.05) is 6.61 Å². The zero-order valence-corrected chi connectivity index (χ0v) is 12.0. The van der Waals surface area contributed by atoms with Gasteiger partial charge >= 0.3 is 5.97 Å². The molecule has 19 heavy (non-hydrogen) atoms. The van der Waals surface area contributed by atoms with Gasteiger partial charge in [0.05, 0.1) is 6.61 Å². The fraction of sp³-hybridized carbons (Fsp3) is 0.625. The second-order valence-corrected chi connectivity index (χ2v) is 4.44. The summed E-state index contributed by atoms with van der Waals surface area (Å²) < 4.78 is 4.79. The van der Waals surface area contributed by atoms with Gasteiger partial charge in [-0.25, -0.2) is 4.79 Å². The van der Waals surface area contributed by atoms with Crippen LogP contribution in [0.3, 0.4) is 0 Å². The maximum atomic E-state index is 11.3. The van der Waals surface area contributed by atoms with Crippen molar-refractivity contribution >= 4 is 5.97 Å². The second-order valence-electron chi connectivity index (χ2n) is 4.44. The van der Waals surface area contributed by atoms with Crippen molar-refractivity contribution in [3.05, 3.63) is 24.3 Å². The van der Waals surface area contributed by atoms with Crippen LogP contribution in [0, 0.1) is 11.3 Å². The molecule has 0 aliphatic rings. The Labute approximate surface area is 117 Å². The van der Waals surface area contributed by atoms with Crippen molar-refractivity contribution in [3.8, 4) is 6.07 Å². The van der Waals surface area contributed by atoms with E-state index in [-0.39, 0.29) is 5.57 Å². The highest BCUT2D eigenvalue weighted by Crippen LogP contribution is 2.10. The molecule has 0 aromatic rings. The Hall–Kier alpha value is -1.56. The second kappa shape index (κ2) is 12.9. The minimum Gasteiger partial charge on any atom is -0.462 e. The molecule has 0 aliphatic carbocycles. The van der Waals surface area contributed by atoms with E-state index in [9.17, 15) is 4.79 Å². The van der Waals surface area contributed by atoms with Gasteiger partial charge in [-0.1, -0.05) is 37.8 Å². The van der Waals surface area contributed by atoms with Crippen molar-refractivity contribution in [2.45, 2.75) is 58.3 Å². The monoisotopic (exact) mass is 263 g/mol. The predicted octanol–water partition coefficient (Wildman–Crippen LogP) is 4.31. The van der Waals surface area contributed by atoms with Crippen molar-refractivity contribution in [2.24, 2.45) is 0 Å². The zero-order valence-electron chi connectivity index (χ0n) is 12.0. The first-order chi connectivity index (χ1) is 9.26. The van der Waals surface area contributed by atoms with Gasteiger partial charge in [-0.05, 0) is 32.6 Å². The third kappa shape index (κ3) is 10.1. The van der Waals surface area contributed by atoms with E-state index in [4.69, 9.17) is 10.00 Å². The molecule has 0 unspecified atom stereocenters. The Morgan fingerprint density at radius 3 is 2.26 bits per heavy atom. The summed E-state index contributed by atoms with van der Waals surface area (Å²) in [6, 6.07) is 1.89. The Morgan fingerprint density at radius 2 is 1.74 bits per heavy atom. The molecule has 0 bridgehead atoms. The van der Waals surface area contributed by atoms with E-state index >= 15 is 0 Å². The average Bonchev–Trinajstić information content (AvgIpc) is 2.41. The maximum Gasteiger partial charge on any atom is 0.348 e. The van der Waals surface area contributed by atoms with Gasteiger partial charge in [-0.2, -0.15) is 5.26 Å². The molecule has 0 spiro atoms. The number of rotatable bonds is 11. The van der Waals surface area contributed by atoms with Crippen molar-refractivity contribution in [3.63, 3.8) is 0 Å². The molecule has 0 amide bonds. The first-order valence-electron chi connectivity index (χ1n) is 7.14. The Morgan fingerprint density at radius 1 is 1.16 bits per heavy atom. The molecule has 0 atom stereocenters. The zero-order chi connectivity index (χ0) is 14.3. The molecular formula is C16H25NO2. The summed E-state index contributed by atoms with van der Waals surface area (Å²) in [4.78, 5) is 11.3. The van der Waals surface area contributed by atoms with E-state index in [1.807, 2.05) is 12.1 Å². The smallest absolute Gasteiger partial charge is 0.348 e. The number of hydrogen-bond acceptors (Lipinski definition) is 3. The summed E-state index contributed by atoms with van der Waals surface area (Å²) in [5.41, 5.74) is 0.132. The summed E-state index contributed by atoms with van der Waals surface area (Å²) in [7, 11) is 0. The fourth-order valence-corrected chi connectivity index (χ4v) is 1.77. The number of nitriles is 1. The molecule has 0 N–H and O–H groups in total. The molecule has 0 radical (unpaired) electrons. The van der Waals surface area contributed by atoms with Gasteiger partial charge in [0.15, 0.2) is 0 Å². The highest BCUT2D eigenvalue weighted by atomic mass is 16.5. The fourth-order valence-electron chi connectivity index (χ4n) is 1.77. The first kappa shape index (κ1) is 17.4. The van der Waals surface area contributed by atoms with E-state index in [1.165, 1.54) is 25.7 Å². The Balaban J connectivity index is 3.62. The van der Waals surface area contributed by atoms with Crippen molar-refractivity contribution in [1.82, 2.24) is 0 Å². The van der Waals surface area contributed by atoms with Crippen molar-refractivity contribution in [1.29, 1.82) is 5.26 Å². The molecule has 0 saturated heterocycles. The number of hydrogen-bond donors (Lipinski definition) is 0. The molecule has 0 fully saturated rings. The van der Waals surface area contributed by atoms with E-state index in [1.54, 1.807) is 13.0 Å². The lowest BCUT2D eigenvalue weighted by Gasteiger charge is -2.01. The molecule has 106 valence electrons. The van der Waals surface area contributed by atoms with Crippen LogP contribution in [0.2, 0.25) is 0 Å². The van der Waals surface area contributed by atoms with Crippen LogP contribution in [0.15, 0.2) is 24.3 Å². The van der Waals surface area contributed by atoms with E-state index < -0.39 is 5.97 Å². The van der Waals surface area contributed by atoms with Crippen LogP contribution >= 0.6 is 0 Å². The van der Waals surface area contributed by atoms with E-state index in [2.05, 4.69) is 6.58 Å². The summed E-state index contributed by atoms with van der Waals surface area (Å²) in [5.74, 6) is -0.505. The van der Waals surface area contributed by atoms with Gasteiger partial charge in [-0.15, -0.1) is 6.58 Å². The largest absolute Gasteiger partial charge is 0.462 e. The molecule has 3 heteroatoms. The van der Waals surface area contributed by atoms with Gasteiger partial charge in [0.2, 0.25) is 0 Å². The number of unbranched alkanes of at least 4 members (excludes halogenated alkanes) is 7. The minimum absolute atomic E-state index is 0.132. The highest BCUT2D eigenvalue weighted by Gasteiger charge is 2.08. The SMILES string of the molecule is C=CCCCCCCCC/C=C(\C#N)C(=O)OCC. The molecule has 0 aliphatic heterocycles. The van der Waals surface area contributed by atoms with Crippen LogP contribution in [0.25, 0.3) is 0 Å². The minimum atomic E-state index is -0.505. The quantitative estimate of drug-likeness (QED) is 0.183. The third-order valence-electron chi connectivity index (χ3n) is 2.83. The van der Waals surface area contributed by atoms with Crippen LogP contribution < -0.4 is 0 Å². The lowest BCUT2D eigenvalue weighted by atomic mass is 10.1. The molecule has 0 heterocycles. The van der Waals surface area contributed by atoms with Gasteiger partial charge in [0.25, 0.3) is 0 Å². The number of ether oxygens (including phenoxy) is 1. The number of allylic oxidation sites excluding steroid dienone is 2. The van der Waals surface area contributed by atoms with Gasteiger partial charge in [-0.3, -0.25) is 0 Å². The first-order valence-corrected chi connectivity index (χ1v) is 7.14. The Bertz CT molecular complexity index is 326. The molecule has 3 nitrogen and oxygen atoms in total.